The van der Waals surface area contributed by atoms with Crippen molar-refractivity contribution in [2.45, 2.75) is 13.3 Å². The standard InChI is InChI=1S/C14H15FN4O/c1-2-6-18-13-11(4-3-5-12(13)15)14(20)19-10-7-16-9-17-8-10/h3-5,7-9,18H,2,6H2,1H3,(H,19,20). The molecule has 6 heteroatoms. The van der Waals surface area contributed by atoms with Crippen molar-refractivity contribution in [3.8, 4) is 0 Å². The van der Waals surface area contributed by atoms with Crippen LogP contribution in [-0.4, -0.2) is 22.4 Å². The summed E-state index contributed by atoms with van der Waals surface area (Å²) in [4.78, 5) is 19.8. The number of carbonyl (C=O) groups is 1. The fraction of sp³-hybridized carbons (Fsp3) is 0.214. The van der Waals surface area contributed by atoms with E-state index in [1.54, 1.807) is 6.07 Å². The number of amides is 1. The number of halogens is 1. The normalized spacial score (nSPS) is 10.1. The quantitative estimate of drug-likeness (QED) is 0.879. The molecular formula is C14H15FN4O. The van der Waals surface area contributed by atoms with Crippen LogP contribution in [0.5, 0.6) is 0 Å². The Morgan fingerprint density at radius 1 is 1.30 bits per heavy atom. The number of aromatic nitrogens is 2. The van der Waals surface area contributed by atoms with Crippen molar-refractivity contribution >= 4 is 17.3 Å². The third-order valence-corrected chi connectivity index (χ3v) is 2.63. The third kappa shape index (κ3) is 3.28. The summed E-state index contributed by atoms with van der Waals surface area (Å²) in [5.74, 6) is -0.853. The molecular weight excluding hydrogens is 259 g/mol. The van der Waals surface area contributed by atoms with E-state index in [0.29, 0.717) is 12.2 Å². The number of para-hydroxylation sites is 1. The van der Waals surface area contributed by atoms with Crippen molar-refractivity contribution in [1.29, 1.82) is 0 Å². The molecule has 5 nitrogen and oxygen atoms in total. The van der Waals surface area contributed by atoms with Crippen LogP contribution < -0.4 is 10.6 Å². The molecule has 1 aromatic carbocycles. The molecule has 0 saturated carbocycles. The van der Waals surface area contributed by atoms with Crippen LogP contribution in [-0.2, 0) is 0 Å². The summed E-state index contributed by atoms with van der Waals surface area (Å²) in [7, 11) is 0. The Morgan fingerprint density at radius 2 is 2.05 bits per heavy atom. The number of hydrogen-bond acceptors (Lipinski definition) is 4. The summed E-state index contributed by atoms with van der Waals surface area (Å²) in [6, 6.07) is 4.39. The molecule has 1 aromatic heterocycles. The van der Waals surface area contributed by atoms with Crippen molar-refractivity contribution in [1.82, 2.24) is 9.97 Å². The summed E-state index contributed by atoms with van der Waals surface area (Å²) in [5, 5.41) is 5.56. The molecule has 1 heterocycles. The second-order valence-corrected chi connectivity index (χ2v) is 4.17. The highest BCUT2D eigenvalue weighted by molar-refractivity contribution is 6.08. The predicted molar refractivity (Wildman–Crippen MR) is 75.2 cm³/mol. The van der Waals surface area contributed by atoms with Gasteiger partial charge in [-0.25, -0.2) is 14.4 Å². The van der Waals surface area contributed by atoms with Crippen LogP contribution in [0.3, 0.4) is 0 Å². The number of hydrogen-bond donors (Lipinski definition) is 2. The molecule has 20 heavy (non-hydrogen) atoms. The molecule has 0 saturated heterocycles. The largest absolute Gasteiger partial charge is 0.382 e. The van der Waals surface area contributed by atoms with Crippen molar-refractivity contribution in [2.24, 2.45) is 0 Å². The number of rotatable bonds is 5. The summed E-state index contributed by atoms with van der Waals surface area (Å²) < 4.78 is 13.8. The number of benzene rings is 1. The first kappa shape index (κ1) is 13.9. The Balaban J connectivity index is 2.23. The van der Waals surface area contributed by atoms with E-state index in [1.165, 1.54) is 30.9 Å². The number of nitrogens with one attached hydrogen (secondary N) is 2. The van der Waals surface area contributed by atoms with Gasteiger partial charge in [0, 0.05) is 6.54 Å². The van der Waals surface area contributed by atoms with Gasteiger partial charge >= 0.3 is 0 Å². The first-order valence-corrected chi connectivity index (χ1v) is 6.31. The highest BCUT2D eigenvalue weighted by atomic mass is 19.1. The maximum absolute atomic E-state index is 13.8. The Morgan fingerprint density at radius 3 is 2.75 bits per heavy atom. The van der Waals surface area contributed by atoms with Gasteiger partial charge in [0.2, 0.25) is 0 Å². The SMILES string of the molecule is CCCNc1c(F)cccc1C(=O)Nc1cncnc1. The molecule has 1 amide bonds. The molecule has 0 bridgehead atoms. The first-order valence-electron chi connectivity index (χ1n) is 6.31. The lowest BCUT2D eigenvalue weighted by atomic mass is 10.1. The number of carbonyl (C=O) groups excluding carboxylic acids is 1. The Hall–Kier alpha value is -2.50. The highest BCUT2D eigenvalue weighted by Gasteiger charge is 2.15. The van der Waals surface area contributed by atoms with Crippen molar-refractivity contribution in [2.75, 3.05) is 17.2 Å². The van der Waals surface area contributed by atoms with E-state index in [-0.39, 0.29) is 11.3 Å². The topological polar surface area (TPSA) is 66.9 Å². The summed E-state index contributed by atoms with van der Waals surface area (Å²) >= 11 is 0. The van der Waals surface area contributed by atoms with Gasteiger partial charge < -0.3 is 10.6 Å². The molecule has 2 aromatic rings. The fourth-order valence-electron chi connectivity index (χ4n) is 1.71. The lowest BCUT2D eigenvalue weighted by Crippen LogP contribution is -2.16. The second kappa shape index (κ2) is 6.60. The van der Waals surface area contributed by atoms with E-state index in [9.17, 15) is 9.18 Å². The van der Waals surface area contributed by atoms with E-state index in [2.05, 4.69) is 20.6 Å². The number of nitrogens with zero attached hydrogens (tertiary/aromatic N) is 2. The maximum atomic E-state index is 13.8. The summed E-state index contributed by atoms with van der Waals surface area (Å²) in [5.41, 5.74) is 0.925. The van der Waals surface area contributed by atoms with E-state index in [4.69, 9.17) is 0 Å². The van der Waals surface area contributed by atoms with Gasteiger partial charge in [-0.1, -0.05) is 13.0 Å². The van der Waals surface area contributed by atoms with Crippen LogP contribution in [0, 0.1) is 5.82 Å². The lowest BCUT2D eigenvalue weighted by Gasteiger charge is -2.12. The smallest absolute Gasteiger partial charge is 0.257 e. The predicted octanol–water partition coefficient (Wildman–Crippen LogP) is 2.69. The van der Waals surface area contributed by atoms with Crippen LogP contribution in [0.4, 0.5) is 15.8 Å². The van der Waals surface area contributed by atoms with Crippen LogP contribution in [0.25, 0.3) is 0 Å². The summed E-state index contributed by atoms with van der Waals surface area (Å²) in [6.45, 7) is 2.56. The lowest BCUT2D eigenvalue weighted by molar-refractivity contribution is 0.102. The molecule has 0 fully saturated rings. The summed E-state index contributed by atoms with van der Waals surface area (Å²) in [6.07, 6.45) is 5.15. The zero-order chi connectivity index (χ0) is 14.4. The Bertz CT molecular complexity index is 589. The van der Waals surface area contributed by atoms with Gasteiger partial charge in [0.25, 0.3) is 5.91 Å². The zero-order valence-corrected chi connectivity index (χ0v) is 11.1. The molecule has 104 valence electrons. The van der Waals surface area contributed by atoms with Gasteiger partial charge in [-0.2, -0.15) is 0 Å². The molecule has 0 atom stereocenters. The molecule has 0 aliphatic heterocycles. The van der Waals surface area contributed by atoms with Gasteiger partial charge in [-0.15, -0.1) is 0 Å². The van der Waals surface area contributed by atoms with Crippen LogP contribution in [0.15, 0.2) is 36.9 Å². The van der Waals surface area contributed by atoms with Crippen LogP contribution in [0.1, 0.15) is 23.7 Å². The Kier molecular flexibility index (Phi) is 4.60. The third-order valence-electron chi connectivity index (χ3n) is 2.63. The minimum atomic E-state index is -0.449. The van der Waals surface area contributed by atoms with E-state index in [0.717, 1.165) is 6.42 Å². The minimum Gasteiger partial charge on any atom is -0.382 e. The monoisotopic (exact) mass is 274 g/mol. The van der Waals surface area contributed by atoms with Crippen molar-refractivity contribution < 1.29 is 9.18 Å². The average Bonchev–Trinajstić information content (AvgIpc) is 2.47. The van der Waals surface area contributed by atoms with Crippen LogP contribution in [0.2, 0.25) is 0 Å². The van der Waals surface area contributed by atoms with Gasteiger partial charge in [-0.3, -0.25) is 4.79 Å². The molecule has 0 unspecified atom stereocenters. The van der Waals surface area contributed by atoms with E-state index >= 15 is 0 Å². The molecule has 0 aliphatic carbocycles. The molecule has 0 aliphatic rings. The van der Waals surface area contributed by atoms with Crippen molar-refractivity contribution in [3.05, 3.63) is 48.3 Å². The van der Waals surface area contributed by atoms with Crippen LogP contribution >= 0.6 is 0 Å². The molecule has 0 radical (unpaired) electrons. The van der Waals surface area contributed by atoms with E-state index in [1.807, 2.05) is 6.92 Å². The van der Waals surface area contributed by atoms with Gasteiger partial charge in [0.15, 0.2) is 0 Å². The highest BCUT2D eigenvalue weighted by Crippen LogP contribution is 2.21. The minimum absolute atomic E-state index is 0.212. The fourth-order valence-corrected chi connectivity index (χ4v) is 1.71. The molecule has 2 rings (SSSR count). The number of anilines is 2. The van der Waals surface area contributed by atoms with Gasteiger partial charge in [0.1, 0.15) is 12.1 Å². The second-order valence-electron chi connectivity index (χ2n) is 4.17. The zero-order valence-electron chi connectivity index (χ0n) is 11.1. The first-order chi connectivity index (χ1) is 9.72. The molecule has 0 spiro atoms. The van der Waals surface area contributed by atoms with E-state index < -0.39 is 11.7 Å². The average molecular weight is 274 g/mol. The van der Waals surface area contributed by atoms with Crippen molar-refractivity contribution in [3.63, 3.8) is 0 Å². The maximum Gasteiger partial charge on any atom is 0.257 e. The molecule has 2 N–H and O–H groups in total. The Labute approximate surface area is 116 Å². The van der Waals surface area contributed by atoms with Gasteiger partial charge in [0.05, 0.1) is 29.3 Å². The van der Waals surface area contributed by atoms with Gasteiger partial charge in [-0.05, 0) is 18.6 Å².